The topological polar surface area (TPSA) is 106 Å². The molecule has 0 atom stereocenters. The number of carbonyl (C=O) groups is 3. The summed E-state index contributed by atoms with van der Waals surface area (Å²) in [5, 5.41) is 8.48. The molecule has 0 unspecified atom stereocenters. The summed E-state index contributed by atoms with van der Waals surface area (Å²) < 4.78 is 12.6. The molecular formula is C30H29N5O5S. The standard InChI is InChI=1S/C30H29N5O5S/c1-18(36)33(2)20-4-6-21(7-5-20)34-15-13-24-27(30(38)40-26-16-19-17-31-14-12-25(19)41-26)32-35(28(24)29(34)37)22-8-10-23(39-3)11-9-22/h4-11,16,31H,12-15,17H2,1-3H3. The SMILES string of the molecule is COc1ccc(-n2nc(C(=O)Oc3cc4c(s3)CCNC4)c3c2C(=O)N(c2ccc(N(C)C(C)=O)cc2)CC3)cc1. The van der Waals surface area contributed by atoms with Gasteiger partial charge in [-0.3, -0.25) is 9.59 Å². The first-order valence-corrected chi connectivity index (χ1v) is 14.1. The summed E-state index contributed by atoms with van der Waals surface area (Å²) in [6.07, 6.45) is 1.32. The number of ether oxygens (including phenoxy) is 2. The lowest BCUT2D eigenvalue weighted by Gasteiger charge is -2.28. The van der Waals surface area contributed by atoms with Gasteiger partial charge in [0.05, 0.1) is 12.8 Å². The summed E-state index contributed by atoms with van der Waals surface area (Å²) in [7, 11) is 3.28. The maximum Gasteiger partial charge on any atom is 0.365 e. The van der Waals surface area contributed by atoms with Gasteiger partial charge in [-0.15, -0.1) is 11.3 Å². The number of hydrogen-bond acceptors (Lipinski definition) is 8. The van der Waals surface area contributed by atoms with Crippen LogP contribution in [0.5, 0.6) is 10.8 Å². The number of aromatic nitrogens is 2. The summed E-state index contributed by atoms with van der Waals surface area (Å²) in [4.78, 5) is 43.7. The van der Waals surface area contributed by atoms with Crippen LogP contribution < -0.4 is 24.6 Å². The van der Waals surface area contributed by atoms with Crippen molar-refractivity contribution in [3.8, 4) is 16.5 Å². The molecule has 11 heteroatoms. The molecule has 6 rings (SSSR count). The number of benzene rings is 2. The molecule has 0 radical (unpaired) electrons. The molecule has 2 aliphatic rings. The molecule has 41 heavy (non-hydrogen) atoms. The summed E-state index contributed by atoms with van der Waals surface area (Å²) in [5.74, 6) is -0.287. The number of fused-ring (bicyclic) bond motifs is 2. The van der Waals surface area contributed by atoms with Crippen LogP contribution in [0.25, 0.3) is 5.69 Å². The van der Waals surface area contributed by atoms with Crippen molar-refractivity contribution in [3.63, 3.8) is 0 Å². The van der Waals surface area contributed by atoms with Crippen LogP contribution in [0.4, 0.5) is 11.4 Å². The minimum Gasteiger partial charge on any atom is -0.497 e. The first-order valence-electron chi connectivity index (χ1n) is 13.3. The van der Waals surface area contributed by atoms with Crippen LogP contribution >= 0.6 is 11.3 Å². The Morgan fingerprint density at radius 3 is 2.46 bits per heavy atom. The number of esters is 1. The highest BCUT2D eigenvalue weighted by atomic mass is 32.1. The second-order valence-corrected chi connectivity index (χ2v) is 11.0. The third-order valence-electron chi connectivity index (χ3n) is 7.46. The smallest absolute Gasteiger partial charge is 0.365 e. The van der Waals surface area contributed by atoms with Crippen LogP contribution in [0, 0.1) is 0 Å². The van der Waals surface area contributed by atoms with Crippen molar-refractivity contribution >= 4 is 40.5 Å². The molecule has 0 spiro atoms. The Kier molecular flexibility index (Phi) is 7.06. The Hall–Kier alpha value is -4.48. The zero-order chi connectivity index (χ0) is 28.7. The average molecular weight is 572 g/mol. The van der Waals surface area contributed by atoms with E-state index in [1.165, 1.54) is 32.7 Å². The predicted octanol–water partition coefficient (Wildman–Crippen LogP) is 3.99. The Bertz CT molecular complexity index is 1620. The van der Waals surface area contributed by atoms with Crippen molar-refractivity contribution in [1.82, 2.24) is 15.1 Å². The van der Waals surface area contributed by atoms with E-state index in [4.69, 9.17) is 9.47 Å². The molecule has 4 heterocycles. The number of nitrogens with zero attached hydrogens (tertiary/aromatic N) is 4. The van der Waals surface area contributed by atoms with Crippen molar-refractivity contribution in [1.29, 1.82) is 0 Å². The van der Waals surface area contributed by atoms with Gasteiger partial charge in [0.1, 0.15) is 11.4 Å². The fraction of sp³-hybridized carbons (Fsp3) is 0.267. The van der Waals surface area contributed by atoms with Crippen LogP contribution in [0.2, 0.25) is 0 Å². The average Bonchev–Trinajstić information content (AvgIpc) is 3.59. The summed E-state index contributed by atoms with van der Waals surface area (Å²) in [6.45, 7) is 3.51. The van der Waals surface area contributed by atoms with Gasteiger partial charge in [0, 0.05) is 55.4 Å². The number of methoxy groups -OCH3 is 1. The Morgan fingerprint density at radius 1 is 1.05 bits per heavy atom. The van der Waals surface area contributed by atoms with E-state index in [0.29, 0.717) is 46.4 Å². The first kappa shape index (κ1) is 26.7. The van der Waals surface area contributed by atoms with Crippen LogP contribution in [0.1, 0.15) is 43.9 Å². The fourth-order valence-electron chi connectivity index (χ4n) is 5.13. The molecular weight excluding hydrogens is 542 g/mol. The van der Waals surface area contributed by atoms with Gasteiger partial charge in [-0.25, -0.2) is 9.48 Å². The van der Waals surface area contributed by atoms with Crippen LogP contribution in [-0.4, -0.2) is 54.8 Å². The maximum atomic E-state index is 14.0. The first-order chi connectivity index (χ1) is 19.8. The van der Waals surface area contributed by atoms with E-state index < -0.39 is 5.97 Å². The van der Waals surface area contributed by atoms with E-state index in [1.807, 2.05) is 18.2 Å². The number of rotatable bonds is 6. The predicted molar refractivity (Wildman–Crippen MR) is 156 cm³/mol. The Labute approximate surface area is 241 Å². The van der Waals surface area contributed by atoms with Gasteiger partial charge < -0.3 is 24.6 Å². The molecule has 2 aliphatic heterocycles. The number of carbonyl (C=O) groups excluding carboxylic acids is 3. The van der Waals surface area contributed by atoms with E-state index in [-0.39, 0.29) is 17.5 Å². The normalized spacial score (nSPS) is 14.3. The second-order valence-electron chi connectivity index (χ2n) is 9.92. The highest BCUT2D eigenvalue weighted by Crippen LogP contribution is 2.34. The van der Waals surface area contributed by atoms with Gasteiger partial charge in [-0.1, -0.05) is 0 Å². The lowest BCUT2D eigenvalue weighted by molar-refractivity contribution is -0.116. The van der Waals surface area contributed by atoms with E-state index >= 15 is 0 Å². The van der Waals surface area contributed by atoms with E-state index in [0.717, 1.165) is 30.8 Å². The molecule has 2 aromatic carbocycles. The molecule has 2 amide bonds. The minimum atomic E-state index is -0.585. The molecule has 0 bridgehead atoms. The molecule has 0 saturated carbocycles. The number of thiophene rings is 1. The molecule has 10 nitrogen and oxygen atoms in total. The lowest BCUT2D eigenvalue weighted by Crippen LogP contribution is -2.39. The molecule has 0 aliphatic carbocycles. The van der Waals surface area contributed by atoms with E-state index in [2.05, 4.69) is 10.4 Å². The molecule has 0 saturated heterocycles. The van der Waals surface area contributed by atoms with Crippen molar-refractivity contribution in [2.45, 2.75) is 26.3 Å². The highest BCUT2D eigenvalue weighted by molar-refractivity contribution is 7.14. The van der Waals surface area contributed by atoms with Gasteiger partial charge in [0.15, 0.2) is 10.8 Å². The Balaban J connectivity index is 1.36. The third-order valence-corrected chi connectivity index (χ3v) is 8.57. The van der Waals surface area contributed by atoms with Crippen molar-refractivity contribution in [2.75, 3.05) is 37.0 Å². The highest BCUT2D eigenvalue weighted by Gasteiger charge is 2.36. The zero-order valence-corrected chi connectivity index (χ0v) is 23.8. The number of hydrogen-bond donors (Lipinski definition) is 1. The van der Waals surface area contributed by atoms with E-state index in [9.17, 15) is 14.4 Å². The molecule has 4 aromatic rings. The summed E-state index contributed by atoms with van der Waals surface area (Å²) >= 11 is 1.47. The summed E-state index contributed by atoms with van der Waals surface area (Å²) in [6, 6.07) is 16.3. The molecule has 0 fully saturated rings. The molecule has 1 N–H and O–H groups in total. The molecule has 210 valence electrons. The van der Waals surface area contributed by atoms with Crippen molar-refractivity contribution in [3.05, 3.63) is 82.0 Å². The largest absolute Gasteiger partial charge is 0.497 e. The monoisotopic (exact) mass is 571 g/mol. The number of amides is 2. The van der Waals surface area contributed by atoms with Gasteiger partial charge in [0.25, 0.3) is 5.91 Å². The van der Waals surface area contributed by atoms with E-state index in [1.54, 1.807) is 55.5 Å². The number of anilines is 2. The maximum absolute atomic E-state index is 14.0. The van der Waals surface area contributed by atoms with Crippen LogP contribution in [0.3, 0.4) is 0 Å². The minimum absolute atomic E-state index is 0.0846. The quantitative estimate of drug-likeness (QED) is 0.349. The van der Waals surface area contributed by atoms with Crippen molar-refractivity contribution < 1.29 is 23.9 Å². The van der Waals surface area contributed by atoms with Gasteiger partial charge in [0.2, 0.25) is 5.91 Å². The fourth-order valence-corrected chi connectivity index (χ4v) is 6.16. The zero-order valence-electron chi connectivity index (χ0n) is 23.0. The summed E-state index contributed by atoms with van der Waals surface area (Å²) in [5.41, 5.74) is 4.17. The number of nitrogens with one attached hydrogen (secondary N) is 1. The second kappa shape index (κ2) is 10.8. The Morgan fingerprint density at radius 2 is 1.78 bits per heavy atom. The van der Waals surface area contributed by atoms with Crippen molar-refractivity contribution in [2.24, 2.45) is 0 Å². The molecule has 2 aromatic heterocycles. The lowest BCUT2D eigenvalue weighted by atomic mass is 10.0. The van der Waals surface area contributed by atoms with Gasteiger partial charge >= 0.3 is 5.97 Å². The third kappa shape index (κ3) is 4.98. The van der Waals surface area contributed by atoms with Crippen LogP contribution in [-0.2, 0) is 24.2 Å². The van der Waals surface area contributed by atoms with Gasteiger partial charge in [-0.2, -0.15) is 5.10 Å². The van der Waals surface area contributed by atoms with Crippen LogP contribution in [0.15, 0.2) is 54.6 Å². The van der Waals surface area contributed by atoms with Gasteiger partial charge in [-0.05, 0) is 73.0 Å².